The molecule has 33 heavy (non-hydrogen) atoms. The monoisotopic (exact) mass is 564 g/mol. The van der Waals surface area contributed by atoms with E-state index < -0.39 is 31.1 Å². The Morgan fingerprint density at radius 1 is 0.727 bits per heavy atom. The van der Waals surface area contributed by atoms with E-state index in [-0.39, 0.29) is 13.6 Å². The predicted octanol–water partition coefficient (Wildman–Crippen LogP) is 5.20. The van der Waals surface area contributed by atoms with Crippen LogP contribution < -0.4 is 18.9 Å². The molecule has 9 heteroatoms. The molecule has 2 aromatic rings. The summed E-state index contributed by atoms with van der Waals surface area (Å²) in [4.78, 5) is 26.3. The number of hydrogen-bond acceptors (Lipinski definition) is 8. The van der Waals surface area contributed by atoms with Crippen LogP contribution in [0.25, 0.3) is 0 Å². The Bertz CT molecular complexity index is 940. The molecule has 2 aliphatic rings. The van der Waals surface area contributed by atoms with E-state index in [1.807, 2.05) is 0 Å². The summed E-state index contributed by atoms with van der Waals surface area (Å²) < 4.78 is 34.9. The number of fused-ring (bicyclic) bond motifs is 2. The van der Waals surface area contributed by atoms with Crippen molar-refractivity contribution < 1.29 is 34.7 Å². The zero-order valence-electron chi connectivity index (χ0n) is 18.9. The summed E-state index contributed by atoms with van der Waals surface area (Å²) in [6.07, 6.45) is 3.47. The van der Waals surface area contributed by atoms with E-state index in [1.165, 1.54) is 0 Å². The van der Waals surface area contributed by atoms with Crippen LogP contribution in [-0.4, -0.2) is 44.7 Å². The van der Waals surface area contributed by atoms with Crippen LogP contribution in [0.5, 0.6) is 23.0 Å². The molecule has 2 aromatic carbocycles. The van der Waals surface area contributed by atoms with Gasteiger partial charge in [-0.1, -0.05) is 0 Å². The maximum absolute atomic E-state index is 13.2. The van der Waals surface area contributed by atoms with Gasteiger partial charge in [0.2, 0.25) is 0 Å². The van der Waals surface area contributed by atoms with E-state index in [0.29, 0.717) is 43.0 Å². The quantitative estimate of drug-likeness (QED) is 0.365. The van der Waals surface area contributed by atoms with E-state index in [2.05, 4.69) is 13.8 Å². The van der Waals surface area contributed by atoms with Gasteiger partial charge in [0.05, 0.1) is 0 Å². The third kappa shape index (κ3) is 5.48. The average molecular weight is 563 g/mol. The van der Waals surface area contributed by atoms with Crippen LogP contribution in [0.2, 0.25) is 8.87 Å². The first kappa shape index (κ1) is 23.5. The van der Waals surface area contributed by atoms with Crippen LogP contribution in [0.1, 0.15) is 60.2 Å². The van der Waals surface area contributed by atoms with Crippen molar-refractivity contribution in [1.29, 1.82) is 0 Å². The Morgan fingerprint density at radius 2 is 1.15 bits per heavy atom. The number of benzene rings is 2. The summed E-state index contributed by atoms with van der Waals surface area (Å²) in [5, 5.41) is 0. The van der Waals surface area contributed by atoms with Gasteiger partial charge in [0.15, 0.2) is 0 Å². The van der Waals surface area contributed by atoms with Crippen molar-refractivity contribution >= 4 is 31.1 Å². The zero-order valence-corrected chi connectivity index (χ0v) is 21.7. The van der Waals surface area contributed by atoms with Crippen molar-refractivity contribution in [3.05, 3.63) is 47.5 Å². The van der Waals surface area contributed by atoms with Crippen molar-refractivity contribution in [2.24, 2.45) is 0 Å². The second kappa shape index (κ2) is 10.5. The molecular formula is C24H28O8Sn. The Kier molecular flexibility index (Phi) is 7.52. The second-order valence-corrected chi connectivity index (χ2v) is 17.3. The standard InChI is InChI=1S/2C8H6O4.2C4H9.Sn/c2*9-8(10)5-1-2-6-7(3-5)12-4-11-6;2*1-3-4-2;/h2*1-3H,4H2,(H,9,10);2*1,3-4H2,2H3;/q;;;;+2/p-2. The molecular weight excluding hydrogens is 535 g/mol. The molecule has 0 spiro atoms. The minimum atomic E-state index is -4.17. The molecule has 0 atom stereocenters. The Morgan fingerprint density at radius 3 is 1.58 bits per heavy atom. The normalized spacial score (nSPS) is 13.6. The average Bonchev–Trinajstić information content (AvgIpc) is 3.49. The molecule has 0 saturated carbocycles. The first-order chi connectivity index (χ1) is 16.0. The Balaban J connectivity index is 1.57. The number of carbonyl (C=O) groups is 2. The molecule has 0 N–H and O–H groups in total. The second-order valence-electron chi connectivity index (χ2n) is 8.03. The molecule has 0 aliphatic carbocycles. The molecule has 0 aromatic heterocycles. The van der Waals surface area contributed by atoms with E-state index in [0.717, 1.165) is 25.7 Å². The van der Waals surface area contributed by atoms with Gasteiger partial charge in [-0.15, -0.1) is 0 Å². The van der Waals surface area contributed by atoms with E-state index >= 15 is 0 Å². The van der Waals surface area contributed by atoms with Crippen LogP contribution >= 0.6 is 0 Å². The van der Waals surface area contributed by atoms with Gasteiger partial charge < -0.3 is 0 Å². The number of carbonyl (C=O) groups excluding carboxylic acids is 2. The van der Waals surface area contributed by atoms with Crippen molar-refractivity contribution in [2.45, 2.75) is 48.4 Å². The summed E-state index contributed by atoms with van der Waals surface area (Å²) in [6, 6.07) is 9.89. The van der Waals surface area contributed by atoms with Crippen molar-refractivity contribution in [2.75, 3.05) is 13.6 Å². The molecule has 0 unspecified atom stereocenters. The molecule has 8 nitrogen and oxygen atoms in total. The van der Waals surface area contributed by atoms with Gasteiger partial charge in [-0.05, 0) is 0 Å². The summed E-state index contributed by atoms with van der Waals surface area (Å²) >= 11 is -4.17. The summed E-state index contributed by atoms with van der Waals surface area (Å²) in [7, 11) is 0. The van der Waals surface area contributed by atoms with Crippen LogP contribution in [0.3, 0.4) is 0 Å². The van der Waals surface area contributed by atoms with Crippen LogP contribution in [0, 0.1) is 0 Å². The van der Waals surface area contributed by atoms with Gasteiger partial charge in [-0.2, -0.15) is 0 Å². The zero-order chi connectivity index (χ0) is 23.3. The van der Waals surface area contributed by atoms with Gasteiger partial charge in [-0.3, -0.25) is 0 Å². The summed E-state index contributed by atoms with van der Waals surface area (Å²) in [5.41, 5.74) is 0.708. The Hall–Kier alpha value is -2.62. The fraction of sp³-hybridized carbons (Fsp3) is 0.417. The summed E-state index contributed by atoms with van der Waals surface area (Å²) in [5.74, 6) is 1.21. The number of rotatable bonds is 10. The number of ether oxygens (including phenoxy) is 4. The molecule has 0 fully saturated rings. The van der Waals surface area contributed by atoms with Gasteiger partial charge >= 0.3 is 198 Å². The van der Waals surface area contributed by atoms with E-state index in [9.17, 15) is 9.59 Å². The number of hydrogen-bond donors (Lipinski definition) is 0. The van der Waals surface area contributed by atoms with Gasteiger partial charge in [-0.25, -0.2) is 0 Å². The van der Waals surface area contributed by atoms with E-state index in [1.54, 1.807) is 36.4 Å². The molecule has 0 amide bonds. The van der Waals surface area contributed by atoms with Crippen molar-refractivity contribution in [1.82, 2.24) is 0 Å². The third-order valence-electron chi connectivity index (χ3n) is 5.60. The van der Waals surface area contributed by atoms with Crippen molar-refractivity contribution in [3.8, 4) is 23.0 Å². The summed E-state index contributed by atoms with van der Waals surface area (Å²) in [6.45, 7) is 4.37. The SMILES string of the molecule is CCC[CH2][Sn]([CH2]CCC)([O]C(=O)c1ccc2c(c1)OCO2)[O]C(=O)c1ccc2c(c1)OCO2. The Labute approximate surface area is 198 Å². The first-order valence-corrected chi connectivity index (χ1v) is 17.7. The van der Waals surface area contributed by atoms with E-state index in [4.69, 9.17) is 25.1 Å². The third-order valence-corrected chi connectivity index (χ3v) is 15.1. The van der Waals surface area contributed by atoms with Gasteiger partial charge in [0, 0.05) is 0 Å². The first-order valence-electron chi connectivity index (χ1n) is 11.3. The fourth-order valence-corrected chi connectivity index (χ4v) is 13.4. The predicted molar refractivity (Wildman–Crippen MR) is 121 cm³/mol. The molecule has 176 valence electrons. The number of unbranched alkanes of at least 4 members (excludes halogenated alkanes) is 2. The van der Waals surface area contributed by atoms with Crippen molar-refractivity contribution in [3.63, 3.8) is 0 Å². The molecule has 0 saturated heterocycles. The topological polar surface area (TPSA) is 89.5 Å². The van der Waals surface area contributed by atoms with Gasteiger partial charge in [0.1, 0.15) is 0 Å². The fourth-order valence-electron chi connectivity index (χ4n) is 3.74. The van der Waals surface area contributed by atoms with Crippen LogP contribution in [-0.2, 0) is 6.15 Å². The van der Waals surface area contributed by atoms with Crippen LogP contribution in [0.15, 0.2) is 36.4 Å². The maximum atomic E-state index is 13.2. The molecule has 2 heterocycles. The molecule has 0 radical (unpaired) electrons. The molecule has 0 bridgehead atoms. The van der Waals surface area contributed by atoms with Crippen LogP contribution in [0.4, 0.5) is 0 Å². The van der Waals surface area contributed by atoms with Gasteiger partial charge in [0.25, 0.3) is 0 Å². The molecule has 4 rings (SSSR count). The molecule has 2 aliphatic heterocycles. The minimum absolute atomic E-state index is 0.122.